The van der Waals surface area contributed by atoms with E-state index in [1.165, 1.54) is 6.20 Å². The summed E-state index contributed by atoms with van der Waals surface area (Å²) in [5.41, 5.74) is 1.76. The van der Waals surface area contributed by atoms with Gasteiger partial charge in [-0.15, -0.1) is 0 Å². The van der Waals surface area contributed by atoms with Crippen LogP contribution in [0.1, 0.15) is 47.7 Å². The Bertz CT molecular complexity index is 1130. The summed E-state index contributed by atoms with van der Waals surface area (Å²) in [6.07, 6.45) is 4.57. The van der Waals surface area contributed by atoms with Gasteiger partial charge in [-0.2, -0.15) is 9.61 Å². The first-order chi connectivity index (χ1) is 15.6. The fourth-order valence-corrected chi connectivity index (χ4v) is 4.12. The second-order valence-electron chi connectivity index (χ2n) is 8.28. The number of hydrogen-bond donors (Lipinski definition) is 4. The Labute approximate surface area is 185 Å². The van der Waals surface area contributed by atoms with Crippen molar-refractivity contribution >= 4 is 29.0 Å². The van der Waals surface area contributed by atoms with Gasteiger partial charge >= 0.3 is 0 Å². The van der Waals surface area contributed by atoms with E-state index in [9.17, 15) is 9.90 Å². The van der Waals surface area contributed by atoms with Gasteiger partial charge in [-0.1, -0.05) is 6.07 Å². The Morgan fingerprint density at radius 2 is 2.12 bits per heavy atom. The first kappa shape index (κ1) is 20.7. The molecule has 3 aromatic rings. The summed E-state index contributed by atoms with van der Waals surface area (Å²) >= 11 is 0. The molecular formula is C22H27N7O3. The molecule has 0 spiro atoms. The molecule has 1 amide bonds. The first-order valence-corrected chi connectivity index (χ1v) is 11.0. The molecule has 5 rings (SSSR count). The molecule has 2 fully saturated rings. The number of fused-ring (bicyclic) bond motifs is 1. The van der Waals surface area contributed by atoms with E-state index < -0.39 is 6.10 Å². The van der Waals surface area contributed by atoms with E-state index in [4.69, 9.17) is 9.72 Å². The Balaban J connectivity index is 1.42. The van der Waals surface area contributed by atoms with Crippen molar-refractivity contribution in [2.75, 3.05) is 30.9 Å². The summed E-state index contributed by atoms with van der Waals surface area (Å²) in [6, 6.07) is 7.47. The molecule has 3 aromatic heterocycles. The van der Waals surface area contributed by atoms with Gasteiger partial charge in [0.2, 0.25) is 0 Å². The second-order valence-corrected chi connectivity index (χ2v) is 8.28. The smallest absolute Gasteiger partial charge is 0.257 e. The van der Waals surface area contributed by atoms with Crippen LogP contribution in [0.25, 0.3) is 5.65 Å². The number of aliphatic hydroxyl groups excluding tert-OH is 1. The minimum absolute atomic E-state index is 0.224. The average molecular weight is 438 g/mol. The Hall–Kier alpha value is -3.24. The number of nitrogens with zero attached hydrogens (tertiary/aromatic N) is 4. The predicted octanol–water partition coefficient (Wildman–Crippen LogP) is 2.06. The number of nitrogens with one attached hydrogen (secondary N) is 3. The maximum Gasteiger partial charge on any atom is 0.257 e. The molecule has 2 aliphatic rings. The Morgan fingerprint density at radius 3 is 2.84 bits per heavy atom. The van der Waals surface area contributed by atoms with Crippen LogP contribution in [0, 0.1) is 0 Å². The maximum absolute atomic E-state index is 12.8. The normalized spacial score (nSPS) is 22.9. The molecule has 0 aromatic carbocycles. The van der Waals surface area contributed by atoms with Gasteiger partial charge in [-0.05, 0) is 37.8 Å². The molecule has 32 heavy (non-hydrogen) atoms. The monoisotopic (exact) mass is 437 g/mol. The molecule has 1 aliphatic carbocycles. The van der Waals surface area contributed by atoms with Crippen LogP contribution in [0.4, 0.5) is 17.5 Å². The van der Waals surface area contributed by atoms with E-state index in [-0.39, 0.29) is 11.9 Å². The van der Waals surface area contributed by atoms with E-state index in [0.717, 1.165) is 31.6 Å². The molecule has 0 radical (unpaired) electrons. The Morgan fingerprint density at radius 1 is 1.22 bits per heavy atom. The third kappa shape index (κ3) is 3.98. The fraction of sp³-hybridized carbons (Fsp3) is 0.455. The minimum atomic E-state index is -0.494. The van der Waals surface area contributed by atoms with Gasteiger partial charge in [0.05, 0.1) is 24.9 Å². The molecule has 0 bridgehead atoms. The van der Waals surface area contributed by atoms with Crippen LogP contribution in [-0.2, 0) is 4.74 Å². The van der Waals surface area contributed by atoms with Crippen LogP contribution < -0.4 is 16.0 Å². The quantitative estimate of drug-likeness (QED) is 0.462. The predicted molar refractivity (Wildman–Crippen MR) is 119 cm³/mol. The summed E-state index contributed by atoms with van der Waals surface area (Å²) < 4.78 is 7.19. The third-order valence-corrected chi connectivity index (χ3v) is 6.13. The van der Waals surface area contributed by atoms with E-state index >= 15 is 0 Å². The van der Waals surface area contributed by atoms with Crippen molar-refractivity contribution in [3.8, 4) is 0 Å². The van der Waals surface area contributed by atoms with Crippen molar-refractivity contribution in [1.29, 1.82) is 0 Å². The highest BCUT2D eigenvalue weighted by molar-refractivity contribution is 6.00. The van der Waals surface area contributed by atoms with E-state index in [0.29, 0.717) is 47.6 Å². The van der Waals surface area contributed by atoms with Crippen LogP contribution in [-0.4, -0.2) is 63.0 Å². The number of pyridine rings is 1. The first-order valence-electron chi connectivity index (χ1n) is 11.0. The van der Waals surface area contributed by atoms with Crippen molar-refractivity contribution < 1.29 is 14.6 Å². The average Bonchev–Trinajstić information content (AvgIpc) is 3.26. The number of ether oxygens (including phenoxy) is 1. The van der Waals surface area contributed by atoms with E-state index in [1.54, 1.807) is 11.6 Å². The highest BCUT2D eigenvalue weighted by Gasteiger charge is 2.31. The van der Waals surface area contributed by atoms with Crippen LogP contribution in [0.3, 0.4) is 0 Å². The van der Waals surface area contributed by atoms with Crippen molar-refractivity contribution in [3.63, 3.8) is 0 Å². The van der Waals surface area contributed by atoms with Crippen molar-refractivity contribution in [2.24, 2.45) is 0 Å². The third-order valence-electron chi connectivity index (χ3n) is 6.13. The number of carbonyl (C=O) groups excluding carboxylic acids is 1. The molecule has 1 saturated heterocycles. The van der Waals surface area contributed by atoms with Gasteiger partial charge in [0.25, 0.3) is 5.91 Å². The van der Waals surface area contributed by atoms with Crippen molar-refractivity contribution in [2.45, 2.75) is 43.7 Å². The lowest BCUT2D eigenvalue weighted by atomic mass is 9.89. The summed E-state index contributed by atoms with van der Waals surface area (Å²) in [4.78, 5) is 22.2. The lowest BCUT2D eigenvalue weighted by Crippen LogP contribution is -2.50. The molecule has 1 aliphatic heterocycles. The molecule has 10 heteroatoms. The number of anilines is 3. The lowest BCUT2D eigenvalue weighted by Gasteiger charge is -2.32. The largest absolute Gasteiger partial charge is 0.391 e. The standard InChI is InChI=1S/C22H27N7O3/c1-23-20-10-19(27-18-6-2-5-15(25-18)13-4-3-9-32-12-13)28-21-14(11-24-29(20)21)22(31)26-16-7-8-17(16)30/h2,5-6,10-11,13,16-17,23,30H,3-4,7-9,12H2,1H3,(H,26,31)(H,25,27,28)/t13-,16+,17-/m0/s1. The summed E-state index contributed by atoms with van der Waals surface area (Å²) in [5.74, 6) is 1.89. The highest BCUT2D eigenvalue weighted by atomic mass is 16.5. The molecule has 4 heterocycles. The number of aliphatic hydroxyl groups is 1. The summed E-state index contributed by atoms with van der Waals surface area (Å²) in [7, 11) is 1.78. The lowest BCUT2D eigenvalue weighted by molar-refractivity contribution is 0.0448. The zero-order valence-electron chi connectivity index (χ0n) is 17.9. The molecular weight excluding hydrogens is 410 g/mol. The van der Waals surface area contributed by atoms with Crippen molar-refractivity contribution in [1.82, 2.24) is 24.9 Å². The zero-order valence-corrected chi connectivity index (χ0v) is 17.9. The number of rotatable bonds is 6. The SMILES string of the molecule is CNc1cc(Nc2cccc([C@H]3CCCOC3)n2)nc2c(C(=O)N[C@@H]3CC[C@@H]3O)cnn12. The number of amides is 1. The van der Waals surface area contributed by atoms with Gasteiger partial charge in [0, 0.05) is 31.3 Å². The van der Waals surface area contributed by atoms with Gasteiger partial charge in [0.15, 0.2) is 5.65 Å². The molecule has 0 unspecified atom stereocenters. The van der Waals surface area contributed by atoms with Crippen LogP contribution in [0.15, 0.2) is 30.5 Å². The highest BCUT2D eigenvalue weighted by Crippen LogP contribution is 2.27. The zero-order chi connectivity index (χ0) is 22.1. The molecule has 3 atom stereocenters. The van der Waals surface area contributed by atoms with Crippen LogP contribution >= 0.6 is 0 Å². The van der Waals surface area contributed by atoms with Crippen LogP contribution in [0.2, 0.25) is 0 Å². The molecule has 4 N–H and O–H groups in total. The number of carbonyl (C=O) groups is 1. The fourth-order valence-electron chi connectivity index (χ4n) is 4.12. The van der Waals surface area contributed by atoms with Gasteiger partial charge in [0.1, 0.15) is 23.0 Å². The minimum Gasteiger partial charge on any atom is -0.391 e. The topological polar surface area (TPSA) is 126 Å². The Kier molecular flexibility index (Phi) is 5.62. The van der Waals surface area contributed by atoms with Gasteiger partial charge in [-0.3, -0.25) is 4.79 Å². The van der Waals surface area contributed by atoms with E-state index in [2.05, 4.69) is 26.0 Å². The maximum atomic E-state index is 12.8. The van der Waals surface area contributed by atoms with Crippen molar-refractivity contribution in [3.05, 3.63) is 41.7 Å². The van der Waals surface area contributed by atoms with Crippen LogP contribution in [0.5, 0.6) is 0 Å². The molecule has 168 valence electrons. The summed E-state index contributed by atoms with van der Waals surface area (Å²) in [5, 5.41) is 23.3. The number of hydrogen-bond acceptors (Lipinski definition) is 8. The summed E-state index contributed by atoms with van der Waals surface area (Å²) in [6.45, 7) is 1.50. The second kappa shape index (κ2) is 8.71. The van der Waals surface area contributed by atoms with E-state index in [1.807, 2.05) is 24.3 Å². The van der Waals surface area contributed by atoms with Gasteiger partial charge < -0.3 is 25.8 Å². The molecule has 10 nitrogen and oxygen atoms in total. The molecule has 1 saturated carbocycles. The number of aromatic nitrogens is 4. The van der Waals surface area contributed by atoms with Gasteiger partial charge in [-0.25, -0.2) is 9.97 Å².